The summed E-state index contributed by atoms with van der Waals surface area (Å²) in [6, 6.07) is 16.3. The second-order valence-electron chi connectivity index (χ2n) is 6.08. The number of thioether (sulfide) groups is 1. The Morgan fingerprint density at radius 1 is 1.04 bits per heavy atom. The van der Waals surface area contributed by atoms with Crippen molar-refractivity contribution in [3.05, 3.63) is 59.7 Å². The van der Waals surface area contributed by atoms with Gasteiger partial charge < -0.3 is 9.64 Å². The van der Waals surface area contributed by atoms with Crippen molar-refractivity contribution < 1.29 is 9.53 Å². The molecule has 4 nitrogen and oxygen atoms in total. The van der Waals surface area contributed by atoms with Gasteiger partial charge in [-0.3, -0.25) is 9.69 Å². The third-order valence-electron chi connectivity index (χ3n) is 4.04. The molecule has 0 aliphatic carbocycles. The van der Waals surface area contributed by atoms with E-state index in [1.165, 1.54) is 10.5 Å². The third-order valence-corrected chi connectivity index (χ3v) is 4.79. The fourth-order valence-corrected chi connectivity index (χ4v) is 3.04. The van der Waals surface area contributed by atoms with Crippen LogP contribution in [0.25, 0.3) is 0 Å². The lowest BCUT2D eigenvalue weighted by molar-refractivity contribution is -0.131. The number of para-hydroxylation sites is 1. The summed E-state index contributed by atoms with van der Waals surface area (Å²) in [5.41, 5.74) is 2.22. The summed E-state index contributed by atoms with van der Waals surface area (Å²) in [6.07, 6.45) is 2.07. The first-order valence-corrected chi connectivity index (χ1v) is 9.43. The van der Waals surface area contributed by atoms with Crippen LogP contribution in [-0.2, 0) is 17.9 Å². The van der Waals surface area contributed by atoms with Crippen molar-refractivity contribution in [3.63, 3.8) is 0 Å². The lowest BCUT2D eigenvalue weighted by Gasteiger charge is -2.23. The summed E-state index contributed by atoms with van der Waals surface area (Å²) in [4.78, 5) is 17.5. The molecule has 0 saturated carbocycles. The quantitative estimate of drug-likeness (QED) is 0.676. The minimum atomic E-state index is 0.0918. The van der Waals surface area contributed by atoms with E-state index in [1.54, 1.807) is 23.8 Å². The maximum absolute atomic E-state index is 12.5. The van der Waals surface area contributed by atoms with Gasteiger partial charge in [-0.1, -0.05) is 30.3 Å². The maximum Gasteiger partial charge on any atom is 0.236 e. The van der Waals surface area contributed by atoms with Crippen LogP contribution in [0.3, 0.4) is 0 Å². The number of ether oxygens (including phenoxy) is 1. The SMILES string of the molecule is COc1ccccc1CN(C)C(=O)CN(C)Cc1ccc(SC)cc1. The second-order valence-corrected chi connectivity index (χ2v) is 6.96. The number of methoxy groups -OCH3 is 1. The van der Waals surface area contributed by atoms with Crippen LogP contribution in [0.15, 0.2) is 53.4 Å². The van der Waals surface area contributed by atoms with E-state index in [9.17, 15) is 4.79 Å². The Balaban J connectivity index is 1.88. The molecule has 0 fully saturated rings. The number of benzene rings is 2. The van der Waals surface area contributed by atoms with Crippen LogP contribution in [0.1, 0.15) is 11.1 Å². The van der Waals surface area contributed by atoms with Crippen LogP contribution >= 0.6 is 11.8 Å². The highest BCUT2D eigenvalue weighted by atomic mass is 32.2. The van der Waals surface area contributed by atoms with E-state index in [4.69, 9.17) is 4.74 Å². The van der Waals surface area contributed by atoms with Gasteiger partial charge in [-0.25, -0.2) is 0 Å². The molecule has 0 aliphatic heterocycles. The predicted molar refractivity (Wildman–Crippen MR) is 104 cm³/mol. The topological polar surface area (TPSA) is 32.8 Å². The molecule has 134 valence electrons. The summed E-state index contributed by atoms with van der Waals surface area (Å²) in [5.74, 6) is 0.901. The Bertz CT molecular complexity index is 688. The molecule has 25 heavy (non-hydrogen) atoms. The third kappa shape index (κ3) is 5.80. The van der Waals surface area contributed by atoms with Crippen molar-refractivity contribution in [2.45, 2.75) is 18.0 Å². The van der Waals surface area contributed by atoms with Crippen molar-refractivity contribution in [2.24, 2.45) is 0 Å². The smallest absolute Gasteiger partial charge is 0.236 e. The zero-order valence-electron chi connectivity index (χ0n) is 15.4. The molecule has 0 unspecified atom stereocenters. The summed E-state index contributed by atoms with van der Waals surface area (Å²) < 4.78 is 5.35. The average Bonchev–Trinajstić information content (AvgIpc) is 2.62. The highest BCUT2D eigenvalue weighted by Gasteiger charge is 2.14. The molecular weight excluding hydrogens is 332 g/mol. The first kappa shape index (κ1) is 19.3. The van der Waals surface area contributed by atoms with Crippen molar-refractivity contribution in [2.75, 3.05) is 34.0 Å². The van der Waals surface area contributed by atoms with Crippen LogP contribution in [-0.4, -0.2) is 49.7 Å². The van der Waals surface area contributed by atoms with E-state index in [1.807, 2.05) is 43.3 Å². The molecule has 0 aromatic heterocycles. The number of likely N-dealkylation sites (N-methyl/N-ethyl adjacent to an activating group) is 2. The number of carbonyl (C=O) groups excluding carboxylic acids is 1. The van der Waals surface area contributed by atoms with Crippen LogP contribution in [0.4, 0.5) is 0 Å². The Morgan fingerprint density at radius 2 is 1.72 bits per heavy atom. The van der Waals surface area contributed by atoms with Gasteiger partial charge in [0, 0.05) is 30.6 Å². The Kier molecular flexibility index (Phi) is 7.34. The minimum absolute atomic E-state index is 0.0918. The number of hydrogen-bond donors (Lipinski definition) is 0. The average molecular weight is 359 g/mol. The maximum atomic E-state index is 12.5. The van der Waals surface area contributed by atoms with Crippen molar-refractivity contribution in [3.8, 4) is 5.75 Å². The first-order valence-electron chi connectivity index (χ1n) is 8.20. The lowest BCUT2D eigenvalue weighted by atomic mass is 10.2. The van der Waals surface area contributed by atoms with Gasteiger partial charge in [-0.15, -0.1) is 11.8 Å². The number of amides is 1. The zero-order chi connectivity index (χ0) is 18.2. The van der Waals surface area contributed by atoms with Gasteiger partial charge in [0.15, 0.2) is 0 Å². The van der Waals surface area contributed by atoms with E-state index >= 15 is 0 Å². The molecule has 2 aromatic rings. The highest BCUT2D eigenvalue weighted by Crippen LogP contribution is 2.19. The number of carbonyl (C=O) groups is 1. The Labute approximate surface area is 154 Å². The Hall–Kier alpha value is -1.98. The monoisotopic (exact) mass is 358 g/mol. The molecule has 0 spiro atoms. The number of rotatable bonds is 8. The van der Waals surface area contributed by atoms with E-state index in [0.29, 0.717) is 13.1 Å². The fraction of sp³-hybridized carbons (Fsp3) is 0.350. The largest absolute Gasteiger partial charge is 0.496 e. The standard InChI is InChI=1S/C20H26N2O2S/c1-21(13-16-9-11-18(25-4)12-10-16)15-20(23)22(2)14-17-7-5-6-8-19(17)24-3/h5-12H,13-15H2,1-4H3. The van der Waals surface area contributed by atoms with E-state index in [0.717, 1.165) is 17.9 Å². The molecule has 0 bridgehead atoms. The van der Waals surface area contributed by atoms with Gasteiger partial charge in [-0.05, 0) is 37.1 Å². The van der Waals surface area contributed by atoms with E-state index in [-0.39, 0.29) is 5.91 Å². The van der Waals surface area contributed by atoms with E-state index < -0.39 is 0 Å². The predicted octanol–water partition coefficient (Wildman–Crippen LogP) is 3.51. The van der Waals surface area contributed by atoms with Gasteiger partial charge in [0.2, 0.25) is 5.91 Å². The van der Waals surface area contributed by atoms with Gasteiger partial charge in [0.05, 0.1) is 13.7 Å². The van der Waals surface area contributed by atoms with Crippen LogP contribution in [0.5, 0.6) is 5.75 Å². The number of hydrogen-bond acceptors (Lipinski definition) is 4. The van der Waals surface area contributed by atoms with Gasteiger partial charge >= 0.3 is 0 Å². The highest BCUT2D eigenvalue weighted by molar-refractivity contribution is 7.98. The molecule has 2 rings (SSSR count). The molecule has 0 aliphatic rings. The first-order chi connectivity index (χ1) is 12.0. The van der Waals surface area contributed by atoms with Crippen LogP contribution in [0.2, 0.25) is 0 Å². The molecule has 0 N–H and O–H groups in total. The van der Waals surface area contributed by atoms with Crippen LogP contribution < -0.4 is 4.74 Å². The molecule has 0 atom stereocenters. The molecule has 0 heterocycles. The molecular formula is C20H26N2O2S. The molecule has 0 radical (unpaired) electrons. The lowest BCUT2D eigenvalue weighted by Crippen LogP contribution is -2.36. The normalized spacial score (nSPS) is 10.8. The van der Waals surface area contributed by atoms with Gasteiger partial charge in [0.25, 0.3) is 0 Å². The molecule has 0 saturated heterocycles. The van der Waals surface area contributed by atoms with Gasteiger partial charge in [-0.2, -0.15) is 0 Å². The van der Waals surface area contributed by atoms with Crippen LogP contribution in [0, 0.1) is 0 Å². The zero-order valence-corrected chi connectivity index (χ0v) is 16.2. The van der Waals surface area contributed by atoms with Crippen molar-refractivity contribution in [1.82, 2.24) is 9.80 Å². The second kappa shape index (κ2) is 9.49. The molecule has 1 amide bonds. The molecule has 5 heteroatoms. The minimum Gasteiger partial charge on any atom is -0.496 e. The van der Waals surface area contributed by atoms with Crippen molar-refractivity contribution in [1.29, 1.82) is 0 Å². The fourth-order valence-electron chi connectivity index (χ4n) is 2.63. The molecule has 2 aromatic carbocycles. The van der Waals surface area contributed by atoms with Gasteiger partial charge in [0.1, 0.15) is 5.75 Å². The summed E-state index contributed by atoms with van der Waals surface area (Å²) in [5, 5.41) is 0. The summed E-state index contributed by atoms with van der Waals surface area (Å²) in [6.45, 7) is 1.68. The summed E-state index contributed by atoms with van der Waals surface area (Å²) in [7, 11) is 5.45. The van der Waals surface area contributed by atoms with E-state index in [2.05, 4.69) is 30.5 Å². The summed E-state index contributed by atoms with van der Waals surface area (Å²) >= 11 is 1.73. The Morgan fingerprint density at radius 3 is 2.36 bits per heavy atom. The van der Waals surface area contributed by atoms with Crippen molar-refractivity contribution >= 4 is 17.7 Å². The number of nitrogens with zero attached hydrogens (tertiary/aromatic N) is 2.